The Morgan fingerprint density at radius 2 is 2.08 bits per heavy atom. The summed E-state index contributed by atoms with van der Waals surface area (Å²) in [6, 6.07) is 0.277. The summed E-state index contributed by atoms with van der Waals surface area (Å²) < 4.78 is 5.00. The van der Waals surface area contributed by atoms with Crippen LogP contribution in [0.3, 0.4) is 0 Å². The van der Waals surface area contributed by atoms with E-state index in [1.165, 1.54) is 5.75 Å². The Balaban J connectivity index is 3.31. The van der Waals surface area contributed by atoms with Crippen molar-refractivity contribution in [1.82, 2.24) is 5.43 Å². The van der Waals surface area contributed by atoms with Crippen LogP contribution in [0.25, 0.3) is 0 Å². The van der Waals surface area contributed by atoms with Crippen LogP contribution in [-0.4, -0.2) is 31.3 Å². The highest BCUT2D eigenvalue weighted by atomic mass is 32.2. The molecule has 0 saturated carbocycles. The van der Waals surface area contributed by atoms with Crippen LogP contribution in [0.5, 0.6) is 0 Å². The fourth-order valence-corrected chi connectivity index (χ4v) is 1.88. The third kappa shape index (κ3) is 6.91. The Kier molecular flexibility index (Phi) is 8.01. The number of hydrogen-bond acceptors (Lipinski definition) is 4. The van der Waals surface area contributed by atoms with Crippen LogP contribution < -0.4 is 11.3 Å². The molecule has 0 heterocycles. The number of hydrogen-bond donors (Lipinski definition) is 2. The lowest BCUT2D eigenvalue weighted by atomic mass is 10.3. The lowest BCUT2D eigenvalue weighted by Crippen LogP contribution is -2.40. The van der Waals surface area contributed by atoms with E-state index in [0.29, 0.717) is 6.61 Å². The number of nitrogens with one attached hydrogen (secondary N) is 1. The van der Waals surface area contributed by atoms with Crippen LogP contribution >= 0.6 is 11.8 Å². The van der Waals surface area contributed by atoms with E-state index < -0.39 is 0 Å². The van der Waals surface area contributed by atoms with Gasteiger partial charge in [-0.05, 0) is 11.7 Å². The van der Waals surface area contributed by atoms with Crippen LogP contribution in [0.15, 0.2) is 0 Å². The van der Waals surface area contributed by atoms with Crippen molar-refractivity contribution in [1.29, 1.82) is 0 Å². The van der Waals surface area contributed by atoms with Crippen LogP contribution in [0, 0.1) is 5.92 Å². The summed E-state index contributed by atoms with van der Waals surface area (Å²) >= 11 is 1.91. The van der Waals surface area contributed by atoms with Crippen molar-refractivity contribution in [2.75, 3.05) is 25.2 Å². The van der Waals surface area contributed by atoms with Crippen molar-refractivity contribution in [2.24, 2.45) is 11.8 Å². The summed E-state index contributed by atoms with van der Waals surface area (Å²) in [5.41, 5.74) is 2.73. The topological polar surface area (TPSA) is 47.3 Å². The molecule has 0 aliphatic carbocycles. The van der Waals surface area contributed by atoms with E-state index in [-0.39, 0.29) is 6.04 Å². The van der Waals surface area contributed by atoms with E-state index in [9.17, 15) is 0 Å². The summed E-state index contributed by atoms with van der Waals surface area (Å²) in [5, 5.41) is 0. The molecule has 0 aliphatic rings. The van der Waals surface area contributed by atoms with E-state index in [0.717, 1.165) is 11.7 Å². The minimum absolute atomic E-state index is 0.277. The average Bonchev–Trinajstić information content (AvgIpc) is 2.02. The van der Waals surface area contributed by atoms with Crippen molar-refractivity contribution in [3.8, 4) is 0 Å². The molecule has 3 nitrogen and oxygen atoms in total. The normalized spacial score (nSPS) is 13.8. The third-order valence-electron chi connectivity index (χ3n) is 1.37. The standard InChI is InChI=1S/C8H20N2OS/c1-7(2)5-12-6-8(10-9)4-11-3/h7-8,10H,4-6,9H2,1-3H3. The molecule has 3 N–H and O–H groups in total. The minimum atomic E-state index is 0.277. The Morgan fingerprint density at radius 1 is 1.42 bits per heavy atom. The van der Waals surface area contributed by atoms with E-state index >= 15 is 0 Å². The van der Waals surface area contributed by atoms with Gasteiger partial charge in [0.15, 0.2) is 0 Å². The number of thioether (sulfide) groups is 1. The van der Waals surface area contributed by atoms with Gasteiger partial charge in [-0.3, -0.25) is 11.3 Å². The third-order valence-corrected chi connectivity index (χ3v) is 2.91. The first-order valence-electron chi connectivity index (χ1n) is 4.23. The molecule has 0 aromatic heterocycles. The second kappa shape index (κ2) is 7.86. The number of ether oxygens (including phenoxy) is 1. The Morgan fingerprint density at radius 3 is 2.50 bits per heavy atom. The highest BCUT2D eigenvalue weighted by molar-refractivity contribution is 7.99. The first-order chi connectivity index (χ1) is 5.70. The zero-order chi connectivity index (χ0) is 9.40. The van der Waals surface area contributed by atoms with Gasteiger partial charge in [0.2, 0.25) is 0 Å². The second-order valence-corrected chi connectivity index (χ2v) is 4.33. The van der Waals surface area contributed by atoms with Crippen molar-refractivity contribution in [2.45, 2.75) is 19.9 Å². The van der Waals surface area contributed by atoms with E-state index in [1.54, 1.807) is 7.11 Å². The molecule has 0 spiro atoms. The minimum Gasteiger partial charge on any atom is -0.383 e. The molecule has 0 aromatic carbocycles. The zero-order valence-corrected chi connectivity index (χ0v) is 8.99. The number of methoxy groups -OCH3 is 1. The molecule has 1 atom stereocenters. The van der Waals surface area contributed by atoms with Crippen LogP contribution in [0.1, 0.15) is 13.8 Å². The summed E-state index contributed by atoms with van der Waals surface area (Å²) in [6.45, 7) is 5.12. The van der Waals surface area contributed by atoms with Crippen molar-refractivity contribution >= 4 is 11.8 Å². The molecule has 0 fully saturated rings. The van der Waals surface area contributed by atoms with Gasteiger partial charge in [0.25, 0.3) is 0 Å². The summed E-state index contributed by atoms with van der Waals surface area (Å²) in [6.07, 6.45) is 0. The van der Waals surface area contributed by atoms with Crippen molar-refractivity contribution < 1.29 is 4.74 Å². The molecule has 0 saturated heterocycles. The Hall–Kier alpha value is 0.230. The largest absolute Gasteiger partial charge is 0.383 e. The monoisotopic (exact) mass is 192 g/mol. The van der Waals surface area contributed by atoms with Gasteiger partial charge in [-0.2, -0.15) is 11.8 Å². The van der Waals surface area contributed by atoms with E-state index in [4.69, 9.17) is 10.6 Å². The highest BCUT2D eigenvalue weighted by Crippen LogP contribution is 2.08. The zero-order valence-electron chi connectivity index (χ0n) is 8.17. The van der Waals surface area contributed by atoms with E-state index in [1.807, 2.05) is 11.8 Å². The van der Waals surface area contributed by atoms with Crippen molar-refractivity contribution in [3.05, 3.63) is 0 Å². The molecule has 0 rings (SSSR count). The number of rotatable bonds is 7. The van der Waals surface area contributed by atoms with Crippen molar-refractivity contribution in [3.63, 3.8) is 0 Å². The average molecular weight is 192 g/mol. The molecule has 0 bridgehead atoms. The summed E-state index contributed by atoms with van der Waals surface area (Å²) in [5.74, 6) is 8.28. The maximum Gasteiger partial charge on any atom is 0.0637 e. The van der Waals surface area contributed by atoms with Gasteiger partial charge in [0.1, 0.15) is 0 Å². The summed E-state index contributed by atoms with van der Waals surface area (Å²) in [7, 11) is 1.69. The van der Waals surface area contributed by atoms with Crippen LogP contribution in [0.2, 0.25) is 0 Å². The van der Waals surface area contributed by atoms with Crippen LogP contribution in [-0.2, 0) is 4.74 Å². The summed E-state index contributed by atoms with van der Waals surface area (Å²) in [4.78, 5) is 0. The number of nitrogens with two attached hydrogens (primary N) is 1. The number of hydrazine groups is 1. The molecular weight excluding hydrogens is 172 g/mol. The molecule has 74 valence electrons. The molecule has 1 unspecified atom stereocenters. The van der Waals surface area contributed by atoms with Gasteiger partial charge in [-0.15, -0.1) is 0 Å². The predicted molar refractivity (Wildman–Crippen MR) is 55.2 cm³/mol. The highest BCUT2D eigenvalue weighted by Gasteiger charge is 2.05. The van der Waals surface area contributed by atoms with Gasteiger partial charge >= 0.3 is 0 Å². The first kappa shape index (κ1) is 12.2. The van der Waals surface area contributed by atoms with Gasteiger partial charge in [0.05, 0.1) is 12.6 Å². The molecule has 4 heteroatoms. The SMILES string of the molecule is COCC(CSCC(C)C)NN. The molecule has 0 radical (unpaired) electrons. The molecule has 0 amide bonds. The lowest BCUT2D eigenvalue weighted by molar-refractivity contribution is 0.174. The molecular formula is C8H20N2OS. The fourth-order valence-electron chi connectivity index (χ4n) is 0.792. The maximum absolute atomic E-state index is 5.33. The molecule has 0 aromatic rings. The fraction of sp³-hybridized carbons (Fsp3) is 1.00. The smallest absolute Gasteiger partial charge is 0.0637 e. The van der Waals surface area contributed by atoms with Gasteiger partial charge < -0.3 is 4.74 Å². The quantitative estimate of drug-likeness (QED) is 0.464. The molecule has 0 aliphatic heterocycles. The second-order valence-electron chi connectivity index (χ2n) is 3.25. The Labute approximate surface area is 79.4 Å². The predicted octanol–water partition coefficient (Wildman–Crippen LogP) is 0.854. The van der Waals surface area contributed by atoms with E-state index in [2.05, 4.69) is 19.3 Å². The van der Waals surface area contributed by atoms with Gasteiger partial charge in [-0.1, -0.05) is 13.8 Å². The molecule has 12 heavy (non-hydrogen) atoms. The van der Waals surface area contributed by atoms with Gasteiger partial charge in [0, 0.05) is 12.9 Å². The first-order valence-corrected chi connectivity index (χ1v) is 5.39. The maximum atomic E-state index is 5.33. The van der Waals surface area contributed by atoms with Gasteiger partial charge in [-0.25, -0.2) is 0 Å². The lowest BCUT2D eigenvalue weighted by Gasteiger charge is -2.14. The van der Waals surface area contributed by atoms with Crippen LogP contribution in [0.4, 0.5) is 0 Å². The Bertz CT molecular complexity index is 101.